The zero-order chi connectivity index (χ0) is 13.3. The van der Waals surface area contributed by atoms with Gasteiger partial charge in [0.2, 0.25) is 0 Å². The first-order valence-corrected chi connectivity index (χ1v) is 6.63. The molecule has 0 saturated carbocycles. The molecular formula is C13H22N4O2. The molecule has 1 aromatic heterocycles. The summed E-state index contributed by atoms with van der Waals surface area (Å²) >= 11 is 0. The van der Waals surface area contributed by atoms with Gasteiger partial charge in [-0.2, -0.15) is 0 Å². The van der Waals surface area contributed by atoms with Crippen molar-refractivity contribution in [1.82, 2.24) is 15.2 Å². The monoisotopic (exact) mass is 266 g/mol. The molecule has 0 bridgehead atoms. The van der Waals surface area contributed by atoms with Crippen molar-refractivity contribution in [2.24, 2.45) is 4.99 Å². The predicted molar refractivity (Wildman–Crippen MR) is 74.4 cm³/mol. The van der Waals surface area contributed by atoms with Gasteiger partial charge >= 0.3 is 0 Å². The Hall–Kier alpha value is -1.53. The minimum absolute atomic E-state index is 0.108. The smallest absolute Gasteiger partial charge is 0.191 e. The van der Waals surface area contributed by atoms with Crippen LogP contribution in [0.5, 0.6) is 0 Å². The SMILES string of the molecule is CN=C(NCCn1cccc1)NCC1COCCO1. The van der Waals surface area contributed by atoms with Crippen LogP contribution in [0.3, 0.4) is 0 Å². The molecule has 106 valence electrons. The number of hydrogen-bond donors (Lipinski definition) is 2. The molecular weight excluding hydrogens is 244 g/mol. The van der Waals surface area contributed by atoms with E-state index in [1.54, 1.807) is 7.05 Å². The van der Waals surface area contributed by atoms with Gasteiger partial charge in [-0.3, -0.25) is 4.99 Å². The highest BCUT2D eigenvalue weighted by atomic mass is 16.6. The number of ether oxygens (including phenoxy) is 2. The number of nitrogens with zero attached hydrogens (tertiary/aromatic N) is 2. The third kappa shape index (κ3) is 4.92. The maximum absolute atomic E-state index is 5.56. The van der Waals surface area contributed by atoms with Gasteiger partial charge in [0.15, 0.2) is 5.96 Å². The van der Waals surface area contributed by atoms with Crippen molar-refractivity contribution in [1.29, 1.82) is 0 Å². The number of hydrogen-bond acceptors (Lipinski definition) is 3. The van der Waals surface area contributed by atoms with E-state index in [-0.39, 0.29) is 6.10 Å². The standard InChI is InChI=1S/C13H22N4O2/c1-14-13(15-4-7-17-5-2-3-6-17)16-10-12-11-18-8-9-19-12/h2-3,5-6,12H,4,7-11H2,1H3,(H2,14,15,16). The van der Waals surface area contributed by atoms with Crippen LogP contribution in [0.2, 0.25) is 0 Å². The summed E-state index contributed by atoms with van der Waals surface area (Å²) in [6.07, 6.45) is 4.20. The fourth-order valence-electron chi connectivity index (χ4n) is 1.91. The maximum atomic E-state index is 5.56. The Balaban J connectivity index is 1.62. The molecule has 1 fully saturated rings. The Morgan fingerprint density at radius 3 is 2.84 bits per heavy atom. The van der Waals surface area contributed by atoms with E-state index in [4.69, 9.17) is 9.47 Å². The molecule has 1 aromatic rings. The predicted octanol–water partition coefficient (Wildman–Crippen LogP) is 0.0685. The fourth-order valence-corrected chi connectivity index (χ4v) is 1.91. The highest BCUT2D eigenvalue weighted by Crippen LogP contribution is 1.98. The Labute approximate surface area is 113 Å². The van der Waals surface area contributed by atoms with Gasteiger partial charge in [-0.05, 0) is 12.1 Å². The van der Waals surface area contributed by atoms with Gasteiger partial charge < -0.3 is 24.7 Å². The minimum atomic E-state index is 0.108. The molecule has 6 heteroatoms. The zero-order valence-corrected chi connectivity index (χ0v) is 11.3. The van der Waals surface area contributed by atoms with Crippen molar-refractivity contribution >= 4 is 5.96 Å². The molecule has 2 N–H and O–H groups in total. The lowest BCUT2D eigenvalue weighted by atomic mass is 10.3. The molecule has 1 atom stereocenters. The molecule has 1 saturated heterocycles. The van der Waals surface area contributed by atoms with E-state index in [0.717, 1.165) is 19.0 Å². The average molecular weight is 266 g/mol. The largest absolute Gasteiger partial charge is 0.376 e. The Kier molecular flexibility index (Phi) is 5.71. The normalized spacial score (nSPS) is 20.3. The van der Waals surface area contributed by atoms with Crippen molar-refractivity contribution in [3.05, 3.63) is 24.5 Å². The van der Waals surface area contributed by atoms with Crippen LogP contribution >= 0.6 is 0 Å². The van der Waals surface area contributed by atoms with Crippen LogP contribution in [0.25, 0.3) is 0 Å². The number of rotatable bonds is 5. The Morgan fingerprint density at radius 1 is 1.32 bits per heavy atom. The molecule has 1 aliphatic rings. The molecule has 0 aliphatic carbocycles. The van der Waals surface area contributed by atoms with Gasteiger partial charge in [-0.15, -0.1) is 0 Å². The second-order valence-electron chi connectivity index (χ2n) is 4.37. The lowest BCUT2D eigenvalue weighted by molar-refractivity contribution is -0.0850. The zero-order valence-electron chi connectivity index (χ0n) is 11.3. The van der Waals surface area contributed by atoms with Gasteiger partial charge in [-0.1, -0.05) is 0 Å². The van der Waals surface area contributed by atoms with Gasteiger partial charge in [-0.25, -0.2) is 0 Å². The minimum Gasteiger partial charge on any atom is -0.376 e. The van der Waals surface area contributed by atoms with Crippen LogP contribution in [0, 0.1) is 0 Å². The first-order chi connectivity index (χ1) is 9.38. The molecule has 1 aliphatic heterocycles. The number of guanidine groups is 1. The summed E-state index contributed by atoms with van der Waals surface area (Å²) < 4.78 is 13.0. The average Bonchev–Trinajstić information content (AvgIpc) is 2.97. The van der Waals surface area contributed by atoms with Crippen molar-refractivity contribution in [3.63, 3.8) is 0 Å². The van der Waals surface area contributed by atoms with Crippen LogP contribution < -0.4 is 10.6 Å². The van der Waals surface area contributed by atoms with Crippen molar-refractivity contribution < 1.29 is 9.47 Å². The summed E-state index contributed by atoms with van der Waals surface area (Å²) in [6, 6.07) is 4.04. The lowest BCUT2D eigenvalue weighted by Crippen LogP contribution is -2.45. The summed E-state index contributed by atoms with van der Waals surface area (Å²) in [6.45, 7) is 4.47. The van der Waals surface area contributed by atoms with Crippen LogP contribution in [0.1, 0.15) is 0 Å². The maximum Gasteiger partial charge on any atom is 0.191 e. The van der Waals surface area contributed by atoms with E-state index >= 15 is 0 Å². The van der Waals surface area contributed by atoms with Crippen LogP contribution in [0.4, 0.5) is 0 Å². The van der Waals surface area contributed by atoms with E-state index in [0.29, 0.717) is 26.4 Å². The first-order valence-electron chi connectivity index (χ1n) is 6.63. The topological polar surface area (TPSA) is 59.8 Å². The van der Waals surface area contributed by atoms with Gasteiger partial charge in [0.05, 0.1) is 25.9 Å². The highest BCUT2D eigenvalue weighted by Gasteiger charge is 2.14. The summed E-state index contributed by atoms with van der Waals surface area (Å²) in [7, 11) is 1.77. The second kappa shape index (κ2) is 7.81. The van der Waals surface area contributed by atoms with Crippen molar-refractivity contribution in [2.45, 2.75) is 12.6 Å². The first kappa shape index (κ1) is 13.9. The number of nitrogens with one attached hydrogen (secondary N) is 2. The van der Waals surface area contributed by atoms with Crippen LogP contribution in [-0.4, -0.2) is 56.6 Å². The van der Waals surface area contributed by atoms with E-state index < -0.39 is 0 Å². The van der Waals surface area contributed by atoms with Gasteiger partial charge in [0.25, 0.3) is 0 Å². The molecule has 0 spiro atoms. The van der Waals surface area contributed by atoms with E-state index in [1.807, 2.05) is 24.5 Å². The number of aromatic nitrogens is 1. The molecule has 2 rings (SSSR count). The third-order valence-electron chi connectivity index (χ3n) is 2.93. The molecule has 6 nitrogen and oxygen atoms in total. The van der Waals surface area contributed by atoms with E-state index in [9.17, 15) is 0 Å². The number of aliphatic imine (C=N–C) groups is 1. The molecule has 0 radical (unpaired) electrons. The Bertz CT molecular complexity index is 372. The second-order valence-corrected chi connectivity index (χ2v) is 4.37. The van der Waals surface area contributed by atoms with Gasteiger partial charge in [0, 0.05) is 39.1 Å². The van der Waals surface area contributed by atoms with E-state index in [2.05, 4.69) is 20.2 Å². The van der Waals surface area contributed by atoms with Gasteiger partial charge in [0.1, 0.15) is 0 Å². The van der Waals surface area contributed by atoms with Crippen LogP contribution in [-0.2, 0) is 16.0 Å². The molecule has 2 heterocycles. The van der Waals surface area contributed by atoms with Crippen molar-refractivity contribution in [3.8, 4) is 0 Å². The third-order valence-corrected chi connectivity index (χ3v) is 2.93. The molecule has 19 heavy (non-hydrogen) atoms. The Morgan fingerprint density at radius 2 is 2.16 bits per heavy atom. The molecule has 1 unspecified atom stereocenters. The summed E-state index contributed by atoms with van der Waals surface area (Å²) in [5, 5.41) is 6.51. The van der Waals surface area contributed by atoms with Crippen LogP contribution in [0.15, 0.2) is 29.5 Å². The highest BCUT2D eigenvalue weighted by molar-refractivity contribution is 5.79. The fraction of sp³-hybridized carbons (Fsp3) is 0.615. The summed E-state index contributed by atoms with van der Waals surface area (Å²) in [4.78, 5) is 4.18. The summed E-state index contributed by atoms with van der Waals surface area (Å²) in [5.74, 6) is 0.793. The lowest BCUT2D eigenvalue weighted by Gasteiger charge is -2.24. The van der Waals surface area contributed by atoms with E-state index in [1.165, 1.54) is 0 Å². The molecule has 0 amide bonds. The molecule has 0 aromatic carbocycles. The summed E-state index contributed by atoms with van der Waals surface area (Å²) in [5.41, 5.74) is 0. The quantitative estimate of drug-likeness (QED) is 0.585. The van der Waals surface area contributed by atoms with Crippen molar-refractivity contribution in [2.75, 3.05) is 40.0 Å².